The lowest BCUT2D eigenvalue weighted by Gasteiger charge is -2.38. The van der Waals surface area contributed by atoms with Crippen molar-refractivity contribution in [1.82, 2.24) is 24.4 Å². The Balaban J connectivity index is 1.18. The Hall–Kier alpha value is -4.14. The maximum absolute atomic E-state index is 12.9. The van der Waals surface area contributed by atoms with E-state index >= 15 is 0 Å². The van der Waals surface area contributed by atoms with E-state index in [4.69, 9.17) is 10.1 Å². The van der Waals surface area contributed by atoms with Gasteiger partial charge in [0.25, 0.3) is 0 Å². The fourth-order valence-electron chi connectivity index (χ4n) is 7.04. The number of pyridine rings is 1. The quantitative estimate of drug-likeness (QED) is 0.340. The van der Waals surface area contributed by atoms with E-state index < -0.39 is 0 Å². The summed E-state index contributed by atoms with van der Waals surface area (Å²) >= 11 is 1.41. The van der Waals surface area contributed by atoms with Crippen molar-refractivity contribution in [2.24, 2.45) is 5.41 Å². The maximum atomic E-state index is 12.9. The van der Waals surface area contributed by atoms with Crippen LogP contribution in [0.2, 0.25) is 0 Å². The molecule has 2 amide bonds. The third-order valence-electron chi connectivity index (χ3n) is 9.59. The first-order chi connectivity index (χ1) is 21.2. The van der Waals surface area contributed by atoms with Gasteiger partial charge < -0.3 is 24.7 Å². The van der Waals surface area contributed by atoms with Crippen molar-refractivity contribution >= 4 is 39.4 Å². The molecule has 0 radical (unpaired) electrons. The number of aromatic nitrogens is 3. The van der Waals surface area contributed by atoms with Crippen LogP contribution in [0.5, 0.6) is 0 Å². The minimum absolute atomic E-state index is 0.0641. The molecule has 10 nitrogen and oxygen atoms in total. The van der Waals surface area contributed by atoms with Crippen LogP contribution in [-0.4, -0.2) is 88.0 Å². The number of rotatable bonds is 5. The van der Waals surface area contributed by atoms with Gasteiger partial charge in [-0.1, -0.05) is 48.1 Å². The number of likely N-dealkylation sites (tertiary alicyclic amines) is 2. The second-order valence-electron chi connectivity index (χ2n) is 12.7. The first-order valence-electron chi connectivity index (χ1n) is 15.4. The summed E-state index contributed by atoms with van der Waals surface area (Å²) in [4.78, 5) is 26.8. The molecule has 0 saturated carbocycles. The third-order valence-corrected chi connectivity index (χ3v) is 10.6. The van der Waals surface area contributed by atoms with E-state index in [0.29, 0.717) is 23.7 Å². The number of β-amino-alcohol motifs (C(OH)–C–C–N with tert-alkyl or cyclic N) is 1. The van der Waals surface area contributed by atoms with Gasteiger partial charge >= 0.3 is 6.03 Å². The van der Waals surface area contributed by atoms with Crippen LogP contribution in [0.4, 0.5) is 21.3 Å². The first-order valence-corrected chi connectivity index (χ1v) is 16.2. The number of aliphatic hydroxyl groups excluding tert-OH is 1. The van der Waals surface area contributed by atoms with Crippen LogP contribution in [0.1, 0.15) is 41.6 Å². The summed E-state index contributed by atoms with van der Waals surface area (Å²) in [5.74, 6) is 0. The Morgan fingerprint density at radius 1 is 1.14 bits per heavy atom. The summed E-state index contributed by atoms with van der Waals surface area (Å²) in [6.07, 6.45) is 2.44. The first kappa shape index (κ1) is 28.6. The van der Waals surface area contributed by atoms with Gasteiger partial charge in [-0.2, -0.15) is 10.4 Å². The molecule has 3 saturated heterocycles. The van der Waals surface area contributed by atoms with Gasteiger partial charge in [0.05, 0.1) is 36.1 Å². The molecule has 3 aliphatic heterocycles. The molecule has 0 bridgehead atoms. The predicted molar refractivity (Wildman–Crippen MR) is 173 cm³/mol. The molecule has 1 N–H and O–H groups in total. The van der Waals surface area contributed by atoms with Gasteiger partial charge in [-0.05, 0) is 45.2 Å². The van der Waals surface area contributed by atoms with Crippen LogP contribution in [0, 0.1) is 30.6 Å². The van der Waals surface area contributed by atoms with E-state index in [1.54, 1.807) is 4.90 Å². The summed E-state index contributed by atoms with van der Waals surface area (Å²) in [6.45, 7) is 10.6. The summed E-state index contributed by atoms with van der Waals surface area (Å²) < 4.78 is 2.02. The SMILES string of the molecule is CCc1nn2c(C)cc(N3CCC4(CCN(C(=O)N5CC(O)C5)C4)C3)cc2c1N(C)c1nc(-c2ccc(C)cc2)c(C#N)s1. The lowest BCUT2D eigenvalue weighted by atomic mass is 9.86. The number of anilines is 3. The molecule has 3 fully saturated rings. The van der Waals surface area contributed by atoms with Crippen molar-refractivity contribution in [1.29, 1.82) is 5.26 Å². The molecule has 6 heterocycles. The number of aryl methyl sites for hydroxylation is 3. The van der Waals surface area contributed by atoms with Crippen LogP contribution in [-0.2, 0) is 6.42 Å². The number of hydrogen-bond donors (Lipinski definition) is 1. The number of amides is 2. The minimum Gasteiger partial charge on any atom is -0.389 e. The molecule has 11 heteroatoms. The van der Waals surface area contributed by atoms with Gasteiger partial charge in [0, 0.05) is 55.6 Å². The molecule has 0 aliphatic carbocycles. The Bertz CT molecular complexity index is 1780. The van der Waals surface area contributed by atoms with E-state index in [9.17, 15) is 15.2 Å². The highest BCUT2D eigenvalue weighted by atomic mass is 32.1. The number of nitriles is 1. The standard InChI is InChI=1S/C33H38N8O2S/c1-5-26-30(37(4)31-35-29(28(16-34)44-31)23-8-6-21(2)7-9-23)27-15-24(14-22(3)41(27)36-26)38-12-10-33(19-38)11-13-39(20-33)32(43)40-17-25(42)18-40/h6-9,14-15,25,42H,5,10-13,17-20H2,1-4H3. The summed E-state index contributed by atoms with van der Waals surface area (Å²) in [5, 5.41) is 25.4. The number of nitrogens with zero attached hydrogens (tertiary/aromatic N) is 8. The fourth-order valence-corrected chi connectivity index (χ4v) is 7.89. The zero-order valence-corrected chi connectivity index (χ0v) is 26.6. The van der Waals surface area contributed by atoms with Crippen LogP contribution in [0.15, 0.2) is 36.4 Å². The van der Waals surface area contributed by atoms with E-state index in [1.807, 2.05) is 40.7 Å². The Labute approximate surface area is 261 Å². The molecule has 44 heavy (non-hydrogen) atoms. The van der Waals surface area contributed by atoms with Crippen molar-refractivity contribution in [3.05, 3.63) is 58.2 Å². The zero-order chi connectivity index (χ0) is 30.7. The number of carbonyl (C=O) groups is 1. The summed E-state index contributed by atoms with van der Waals surface area (Å²) in [6, 6.07) is 15.0. The van der Waals surface area contributed by atoms with E-state index in [0.717, 1.165) is 84.4 Å². The van der Waals surface area contributed by atoms with Crippen molar-refractivity contribution < 1.29 is 9.90 Å². The number of benzene rings is 1. The van der Waals surface area contributed by atoms with Crippen molar-refractivity contribution in [2.45, 2.75) is 46.1 Å². The number of fused-ring (bicyclic) bond motifs is 1. The van der Waals surface area contributed by atoms with Crippen molar-refractivity contribution in [3.63, 3.8) is 0 Å². The van der Waals surface area contributed by atoms with Crippen molar-refractivity contribution in [2.75, 3.05) is 56.1 Å². The average molecular weight is 611 g/mol. The molecular weight excluding hydrogens is 572 g/mol. The lowest BCUT2D eigenvalue weighted by molar-refractivity contribution is 0.0162. The molecule has 4 aromatic rings. The minimum atomic E-state index is -0.379. The highest BCUT2D eigenvalue weighted by Crippen LogP contribution is 2.43. The van der Waals surface area contributed by atoms with Gasteiger partial charge in [0.15, 0.2) is 5.13 Å². The van der Waals surface area contributed by atoms with Crippen LogP contribution < -0.4 is 9.80 Å². The molecule has 228 valence electrons. The Morgan fingerprint density at radius 2 is 1.89 bits per heavy atom. The highest BCUT2D eigenvalue weighted by Gasteiger charge is 2.46. The maximum Gasteiger partial charge on any atom is 0.320 e. The largest absolute Gasteiger partial charge is 0.389 e. The molecule has 7 rings (SSSR count). The summed E-state index contributed by atoms with van der Waals surface area (Å²) in [7, 11) is 2.02. The smallest absolute Gasteiger partial charge is 0.320 e. The van der Waals surface area contributed by atoms with E-state index in [1.165, 1.54) is 16.9 Å². The average Bonchev–Trinajstić information content (AvgIpc) is 3.80. The number of thiazole rings is 1. The normalized spacial score (nSPS) is 20.1. The Kier molecular flexibility index (Phi) is 7.02. The van der Waals surface area contributed by atoms with E-state index in [-0.39, 0.29) is 17.6 Å². The van der Waals surface area contributed by atoms with Crippen LogP contribution in [0.25, 0.3) is 16.8 Å². The number of carbonyl (C=O) groups excluding carboxylic acids is 1. The molecular formula is C33H38N8O2S. The molecule has 1 unspecified atom stereocenters. The number of aliphatic hydroxyl groups is 1. The molecule has 1 spiro atoms. The lowest BCUT2D eigenvalue weighted by Crippen LogP contribution is -2.57. The monoisotopic (exact) mass is 610 g/mol. The second kappa shape index (κ2) is 10.8. The van der Waals surface area contributed by atoms with Gasteiger partial charge in [-0.3, -0.25) is 0 Å². The molecule has 3 aromatic heterocycles. The number of urea groups is 1. The van der Waals surface area contributed by atoms with Crippen LogP contribution >= 0.6 is 11.3 Å². The molecule has 3 aliphatic rings. The van der Waals surface area contributed by atoms with Crippen LogP contribution in [0.3, 0.4) is 0 Å². The predicted octanol–water partition coefficient (Wildman–Crippen LogP) is 4.98. The Morgan fingerprint density at radius 3 is 2.59 bits per heavy atom. The summed E-state index contributed by atoms with van der Waals surface area (Å²) in [5.41, 5.74) is 8.14. The second-order valence-corrected chi connectivity index (χ2v) is 13.7. The topological polar surface area (TPSA) is 104 Å². The van der Waals surface area contributed by atoms with Gasteiger partial charge in [-0.25, -0.2) is 14.3 Å². The molecule has 1 atom stereocenters. The third kappa shape index (κ3) is 4.77. The molecule has 1 aromatic carbocycles. The van der Waals surface area contributed by atoms with Crippen molar-refractivity contribution in [3.8, 4) is 17.3 Å². The van der Waals surface area contributed by atoms with Gasteiger partial charge in [-0.15, -0.1) is 0 Å². The van der Waals surface area contributed by atoms with Gasteiger partial charge in [0.2, 0.25) is 0 Å². The van der Waals surface area contributed by atoms with E-state index in [2.05, 4.69) is 48.8 Å². The zero-order valence-electron chi connectivity index (χ0n) is 25.7. The fraction of sp³-hybridized carbons (Fsp3) is 0.455. The van der Waals surface area contributed by atoms with Gasteiger partial charge in [0.1, 0.15) is 16.6 Å². The number of hydrogen-bond acceptors (Lipinski definition) is 8. The highest BCUT2D eigenvalue weighted by molar-refractivity contribution is 7.16.